The van der Waals surface area contributed by atoms with Gasteiger partial charge < -0.3 is 16.0 Å². The Morgan fingerprint density at radius 1 is 0.923 bits per heavy atom. The van der Waals surface area contributed by atoms with Gasteiger partial charge in [-0.3, -0.25) is 4.79 Å². The van der Waals surface area contributed by atoms with Crippen LogP contribution >= 0.6 is 15.9 Å². The lowest BCUT2D eigenvalue weighted by Gasteiger charge is -2.15. The summed E-state index contributed by atoms with van der Waals surface area (Å²) in [4.78, 5) is 24.0. The summed E-state index contributed by atoms with van der Waals surface area (Å²) in [7, 11) is 0. The highest BCUT2D eigenvalue weighted by atomic mass is 79.9. The zero-order chi connectivity index (χ0) is 19.1. The number of nitrogens with one attached hydrogen (secondary N) is 3. The predicted octanol–water partition coefficient (Wildman–Crippen LogP) is 4.34. The fourth-order valence-electron chi connectivity index (χ4n) is 2.47. The number of carbonyl (C=O) groups is 2. The number of benzene rings is 2. The van der Waals surface area contributed by atoms with E-state index < -0.39 is 0 Å². The minimum atomic E-state index is -0.264. The van der Waals surface area contributed by atoms with Gasteiger partial charge in [0.1, 0.15) is 0 Å². The van der Waals surface area contributed by atoms with Crippen LogP contribution in [0.15, 0.2) is 53.0 Å². The van der Waals surface area contributed by atoms with Gasteiger partial charge in [-0.05, 0) is 69.2 Å². The largest absolute Gasteiger partial charge is 0.349 e. The highest BCUT2D eigenvalue weighted by molar-refractivity contribution is 9.10. The number of anilines is 1. The highest BCUT2D eigenvalue weighted by Gasteiger charge is 2.11. The van der Waals surface area contributed by atoms with Crippen LogP contribution < -0.4 is 16.0 Å². The third-order valence-corrected chi connectivity index (χ3v) is 4.19. The van der Waals surface area contributed by atoms with E-state index in [4.69, 9.17) is 0 Å². The summed E-state index contributed by atoms with van der Waals surface area (Å²) in [5.74, 6) is -0.132. The molecule has 3 amide bonds. The van der Waals surface area contributed by atoms with Crippen LogP contribution in [0, 0.1) is 0 Å². The summed E-state index contributed by atoms with van der Waals surface area (Å²) >= 11 is 3.41. The number of urea groups is 1. The quantitative estimate of drug-likeness (QED) is 0.653. The van der Waals surface area contributed by atoms with E-state index in [1.54, 1.807) is 24.3 Å². The van der Waals surface area contributed by atoms with E-state index >= 15 is 0 Å². The Bertz CT molecular complexity index is 743. The molecule has 0 heterocycles. The van der Waals surface area contributed by atoms with Crippen LogP contribution in [0.25, 0.3) is 0 Å². The molecule has 0 fully saturated rings. The van der Waals surface area contributed by atoms with E-state index in [0.717, 1.165) is 16.5 Å². The molecule has 0 bridgehead atoms. The average Bonchev–Trinajstić information content (AvgIpc) is 2.56. The second kappa shape index (κ2) is 9.38. The van der Waals surface area contributed by atoms with Gasteiger partial charge in [-0.15, -0.1) is 0 Å². The molecule has 2 aromatic carbocycles. The van der Waals surface area contributed by atoms with Crippen molar-refractivity contribution in [2.45, 2.75) is 39.3 Å². The lowest BCUT2D eigenvalue weighted by Crippen LogP contribution is -2.34. The van der Waals surface area contributed by atoms with Crippen LogP contribution in [0.3, 0.4) is 0 Å². The molecule has 0 aromatic heterocycles. The molecule has 0 aliphatic carbocycles. The van der Waals surface area contributed by atoms with Gasteiger partial charge in [-0.1, -0.05) is 28.1 Å². The normalized spacial score (nSPS) is 11.7. The molecule has 3 N–H and O–H groups in total. The van der Waals surface area contributed by atoms with Gasteiger partial charge in [0, 0.05) is 27.8 Å². The Morgan fingerprint density at radius 2 is 1.54 bits per heavy atom. The molecule has 0 saturated carbocycles. The molecule has 2 rings (SSSR count). The Balaban J connectivity index is 1.88. The smallest absolute Gasteiger partial charge is 0.319 e. The summed E-state index contributed by atoms with van der Waals surface area (Å²) in [6, 6.07) is 14.7. The Morgan fingerprint density at radius 3 is 2.12 bits per heavy atom. The van der Waals surface area contributed by atoms with Crippen molar-refractivity contribution in [3.05, 3.63) is 64.1 Å². The fourth-order valence-corrected chi connectivity index (χ4v) is 2.73. The van der Waals surface area contributed by atoms with Crippen molar-refractivity contribution in [1.82, 2.24) is 10.6 Å². The molecule has 138 valence electrons. The van der Waals surface area contributed by atoms with Gasteiger partial charge in [-0.2, -0.15) is 0 Å². The minimum absolute atomic E-state index is 0.0123. The molecule has 0 aliphatic rings. The van der Waals surface area contributed by atoms with Crippen molar-refractivity contribution in [3.63, 3.8) is 0 Å². The summed E-state index contributed by atoms with van der Waals surface area (Å²) < 4.78 is 1.04. The van der Waals surface area contributed by atoms with Crippen molar-refractivity contribution >= 4 is 33.6 Å². The zero-order valence-electron chi connectivity index (χ0n) is 15.2. The minimum Gasteiger partial charge on any atom is -0.349 e. The number of hydrogen-bond donors (Lipinski definition) is 3. The molecular weight excluding hydrogens is 394 g/mol. The predicted molar refractivity (Wildman–Crippen MR) is 109 cm³/mol. The number of carbonyl (C=O) groups excluding carboxylic acids is 2. The van der Waals surface area contributed by atoms with Crippen LogP contribution in [0.1, 0.15) is 36.7 Å². The van der Waals surface area contributed by atoms with Crippen molar-refractivity contribution in [3.8, 4) is 0 Å². The number of rotatable bonds is 6. The lowest BCUT2D eigenvalue weighted by molar-refractivity contribution is 0.0940. The first-order valence-electron chi connectivity index (χ1n) is 8.56. The van der Waals surface area contributed by atoms with Crippen molar-refractivity contribution in [2.24, 2.45) is 0 Å². The van der Waals surface area contributed by atoms with Crippen LogP contribution in [0.5, 0.6) is 0 Å². The standard InChI is InChI=1S/C20H24BrN3O2/c1-13(2)22-20(26)24-18-10-6-16(7-11-18)19(25)23-14(3)12-15-4-8-17(21)9-5-15/h4-11,13-14H,12H2,1-3H3,(H,23,25)(H2,22,24,26). The first-order valence-corrected chi connectivity index (χ1v) is 9.35. The first-order chi connectivity index (χ1) is 12.3. The van der Waals surface area contributed by atoms with E-state index in [-0.39, 0.29) is 24.0 Å². The monoisotopic (exact) mass is 417 g/mol. The van der Waals surface area contributed by atoms with Crippen molar-refractivity contribution in [2.75, 3.05) is 5.32 Å². The third-order valence-electron chi connectivity index (χ3n) is 3.66. The molecular formula is C20H24BrN3O2. The van der Waals surface area contributed by atoms with Gasteiger partial charge in [0.2, 0.25) is 0 Å². The van der Waals surface area contributed by atoms with E-state index in [0.29, 0.717) is 11.3 Å². The summed E-state index contributed by atoms with van der Waals surface area (Å²) in [6.45, 7) is 5.76. The molecule has 5 nitrogen and oxygen atoms in total. The van der Waals surface area contributed by atoms with E-state index in [1.165, 1.54) is 0 Å². The molecule has 0 radical (unpaired) electrons. The number of hydrogen-bond acceptors (Lipinski definition) is 2. The lowest BCUT2D eigenvalue weighted by atomic mass is 10.1. The van der Waals surface area contributed by atoms with Crippen molar-refractivity contribution < 1.29 is 9.59 Å². The van der Waals surface area contributed by atoms with Gasteiger partial charge in [-0.25, -0.2) is 4.79 Å². The Hall–Kier alpha value is -2.34. The molecule has 0 saturated heterocycles. The molecule has 1 atom stereocenters. The highest BCUT2D eigenvalue weighted by Crippen LogP contribution is 2.13. The van der Waals surface area contributed by atoms with Gasteiger partial charge >= 0.3 is 6.03 Å². The topological polar surface area (TPSA) is 70.2 Å². The number of halogens is 1. The molecule has 1 unspecified atom stereocenters. The molecule has 2 aromatic rings. The Kier molecular flexibility index (Phi) is 7.21. The van der Waals surface area contributed by atoms with Crippen LogP contribution in [0.4, 0.5) is 10.5 Å². The van der Waals surface area contributed by atoms with Crippen LogP contribution in [-0.4, -0.2) is 24.0 Å². The average molecular weight is 418 g/mol. The van der Waals surface area contributed by atoms with Crippen LogP contribution in [0.2, 0.25) is 0 Å². The van der Waals surface area contributed by atoms with E-state index in [1.807, 2.05) is 45.0 Å². The van der Waals surface area contributed by atoms with Gasteiger partial charge in [0.05, 0.1) is 0 Å². The molecule has 6 heteroatoms. The molecule has 0 spiro atoms. The third kappa shape index (κ3) is 6.52. The Labute approximate surface area is 162 Å². The maximum atomic E-state index is 12.4. The first kappa shape index (κ1) is 20.0. The SMILES string of the molecule is CC(C)NC(=O)Nc1ccc(C(=O)NC(C)Cc2ccc(Br)cc2)cc1. The van der Waals surface area contributed by atoms with Gasteiger partial charge in [0.25, 0.3) is 5.91 Å². The maximum absolute atomic E-state index is 12.4. The molecule has 26 heavy (non-hydrogen) atoms. The van der Waals surface area contributed by atoms with Gasteiger partial charge in [0.15, 0.2) is 0 Å². The second-order valence-electron chi connectivity index (χ2n) is 6.54. The van der Waals surface area contributed by atoms with Crippen LogP contribution in [-0.2, 0) is 6.42 Å². The number of amides is 3. The van der Waals surface area contributed by atoms with E-state index in [9.17, 15) is 9.59 Å². The summed E-state index contributed by atoms with van der Waals surface area (Å²) in [5.41, 5.74) is 2.36. The maximum Gasteiger partial charge on any atom is 0.319 e. The summed E-state index contributed by atoms with van der Waals surface area (Å²) in [6.07, 6.45) is 0.758. The summed E-state index contributed by atoms with van der Waals surface area (Å²) in [5, 5.41) is 8.48. The van der Waals surface area contributed by atoms with E-state index in [2.05, 4.69) is 31.9 Å². The second-order valence-corrected chi connectivity index (χ2v) is 7.45. The van der Waals surface area contributed by atoms with Crippen molar-refractivity contribution in [1.29, 1.82) is 0 Å². The molecule has 0 aliphatic heterocycles. The fraction of sp³-hybridized carbons (Fsp3) is 0.300. The zero-order valence-corrected chi connectivity index (χ0v) is 16.8.